The third kappa shape index (κ3) is 4.45. The van der Waals surface area contributed by atoms with Crippen LogP contribution in [-0.4, -0.2) is 38.2 Å². The molecule has 166 valence electrons. The maximum Gasteiger partial charge on any atom is 0.342 e. The van der Waals surface area contributed by atoms with Crippen molar-refractivity contribution in [1.29, 1.82) is 0 Å². The molecule has 0 unspecified atom stereocenters. The number of rotatable bonds is 8. The van der Waals surface area contributed by atoms with Crippen LogP contribution in [0, 0.1) is 0 Å². The molecule has 6 heteroatoms. The summed E-state index contributed by atoms with van der Waals surface area (Å²) in [5, 5.41) is 0. The molecule has 3 aliphatic heterocycles. The summed E-state index contributed by atoms with van der Waals surface area (Å²) in [7, 11) is 3.17. The van der Waals surface area contributed by atoms with Crippen LogP contribution >= 0.6 is 0 Å². The summed E-state index contributed by atoms with van der Waals surface area (Å²) >= 11 is 0. The number of benzene rings is 1. The number of hydrogen-bond donors (Lipinski definition) is 0. The number of methoxy groups -OCH3 is 2. The zero-order chi connectivity index (χ0) is 21.1. The summed E-state index contributed by atoms with van der Waals surface area (Å²) < 4.78 is 28.8. The lowest BCUT2D eigenvalue weighted by atomic mass is 9.95. The van der Waals surface area contributed by atoms with Crippen molar-refractivity contribution in [3.05, 3.63) is 23.3 Å². The minimum Gasteiger partial charge on any atom is -0.497 e. The lowest BCUT2D eigenvalue weighted by molar-refractivity contribution is -0.269. The van der Waals surface area contributed by atoms with Crippen molar-refractivity contribution in [3.8, 4) is 11.5 Å². The quantitative estimate of drug-likeness (QED) is 0.420. The molecular weight excluding hydrogens is 384 g/mol. The van der Waals surface area contributed by atoms with E-state index in [0.717, 1.165) is 63.4 Å². The molecular formula is C24H34O6. The predicted molar refractivity (Wildman–Crippen MR) is 112 cm³/mol. The minimum absolute atomic E-state index is 0.223. The van der Waals surface area contributed by atoms with Gasteiger partial charge in [-0.05, 0) is 51.5 Å². The molecule has 0 bridgehead atoms. The Labute approximate surface area is 179 Å². The van der Waals surface area contributed by atoms with Crippen LogP contribution in [0.5, 0.6) is 11.5 Å². The summed E-state index contributed by atoms with van der Waals surface area (Å²) in [5.74, 6) is 0.591. The molecule has 3 heterocycles. The number of carbonyl (C=O) groups excluding carboxylic acids is 1. The standard InChI is InChI=1S/C24H34O6/c1-16-11-13-24(29-16)12-7-9-17(30-24)8-5-4-6-10-20-19-14-18(26-2)15-21(27-3)22(19)23(25)28-20/h14-17,20H,4-13H2,1-3H3/t16-,17+,20-,24-/m1/s1. The van der Waals surface area contributed by atoms with Crippen molar-refractivity contribution >= 4 is 5.97 Å². The Morgan fingerprint density at radius 1 is 1.03 bits per heavy atom. The topological polar surface area (TPSA) is 63.2 Å². The normalized spacial score (nSPS) is 30.4. The first-order valence-corrected chi connectivity index (χ1v) is 11.4. The number of hydrogen-bond acceptors (Lipinski definition) is 6. The largest absolute Gasteiger partial charge is 0.497 e. The maximum atomic E-state index is 12.3. The van der Waals surface area contributed by atoms with Crippen LogP contribution in [0.25, 0.3) is 0 Å². The second-order valence-corrected chi connectivity index (χ2v) is 8.84. The number of unbranched alkanes of at least 4 members (excludes halogenated alkanes) is 2. The fourth-order valence-electron chi connectivity index (χ4n) is 5.11. The molecule has 0 N–H and O–H groups in total. The van der Waals surface area contributed by atoms with E-state index in [1.165, 1.54) is 6.42 Å². The zero-order valence-electron chi connectivity index (χ0n) is 18.4. The predicted octanol–water partition coefficient (Wildman–Crippen LogP) is 5.33. The molecule has 0 aromatic heterocycles. The van der Waals surface area contributed by atoms with Crippen LogP contribution in [0.4, 0.5) is 0 Å². The fourth-order valence-corrected chi connectivity index (χ4v) is 5.11. The Morgan fingerprint density at radius 3 is 2.60 bits per heavy atom. The molecule has 1 spiro atoms. The van der Waals surface area contributed by atoms with Crippen LogP contribution in [0.2, 0.25) is 0 Å². The molecule has 3 aliphatic rings. The van der Waals surface area contributed by atoms with E-state index in [9.17, 15) is 4.79 Å². The highest BCUT2D eigenvalue weighted by Crippen LogP contribution is 2.43. The molecule has 30 heavy (non-hydrogen) atoms. The molecule has 1 aromatic carbocycles. The number of carbonyl (C=O) groups is 1. The Balaban J connectivity index is 1.25. The van der Waals surface area contributed by atoms with E-state index in [0.29, 0.717) is 29.3 Å². The molecule has 6 nitrogen and oxygen atoms in total. The van der Waals surface area contributed by atoms with Gasteiger partial charge in [0.2, 0.25) is 0 Å². The van der Waals surface area contributed by atoms with Gasteiger partial charge in [0.25, 0.3) is 0 Å². The third-order valence-electron chi connectivity index (χ3n) is 6.67. The van der Waals surface area contributed by atoms with E-state index in [4.69, 9.17) is 23.7 Å². The van der Waals surface area contributed by atoms with Crippen molar-refractivity contribution in [2.75, 3.05) is 14.2 Å². The first-order chi connectivity index (χ1) is 14.5. The van der Waals surface area contributed by atoms with Gasteiger partial charge in [0.1, 0.15) is 23.2 Å². The van der Waals surface area contributed by atoms with Gasteiger partial charge in [-0.3, -0.25) is 0 Å². The van der Waals surface area contributed by atoms with E-state index in [1.807, 2.05) is 6.07 Å². The summed E-state index contributed by atoms with van der Waals surface area (Å²) in [6.07, 6.45) is 11.0. The summed E-state index contributed by atoms with van der Waals surface area (Å²) in [6, 6.07) is 3.62. The van der Waals surface area contributed by atoms with Crippen molar-refractivity contribution in [3.63, 3.8) is 0 Å². The van der Waals surface area contributed by atoms with E-state index in [2.05, 4.69) is 6.92 Å². The highest BCUT2D eigenvalue weighted by Gasteiger charge is 2.43. The van der Waals surface area contributed by atoms with Gasteiger partial charge in [0.05, 0.1) is 26.4 Å². The first kappa shape index (κ1) is 21.4. The lowest BCUT2D eigenvalue weighted by Gasteiger charge is -2.38. The van der Waals surface area contributed by atoms with Gasteiger partial charge in [-0.2, -0.15) is 0 Å². The van der Waals surface area contributed by atoms with E-state index in [1.54, 1.807) is 20.3 Å². The average Bonchev–Trinajstić information content (AvgIpc) is 3.26. The average molecular weight is 419 g/mol. The third-order valence-corrected chi connectivity index (χ3v) is 6.67. The van der Waals surface area contributed by atoms with Crippen molar-refractivity contribution < 1.29 is 28.5 Å². The van der Waals surface area contributed by atoms with Gasteiger partial charge in [-0.25, -0.2) is 4.79 Å². The molecule has 2 saturated heterocycles. The van der Waals surface area contributed by atoms with Crippen LogP contribution in [-0.2, 0) is 14.2 Å². The summed E-state index contributed by atoms with van der Waals surface area (Å²) in [6.45, 7) is 2.14. The van der Waals surface area contributed by atoms with Crippen molar-refractivity contribution in [2.24, 2.45) is 0 Å². The molecule has 0 amide bonds. The maximum absolute atomic E-state index is 12.3. The number of ether oxygens (including phenoxy) is 5. The molecule has 0 radical (unpaired) electrons. The second kappa shape index (κ2) is 9.15. The highest BCUT2D eigenvalue weighted by molar-refractivity contribution is 5.97. The Morgan fingerprint density at radius 2 is 1.87 bits per heavy atom. The van der Waals surface area contributed by atoms with E-state index < -0.39 is 0 Å². The van der Waals surface area contributed by atoms with Gasteiger partial charge in [-0.15, -0.1) is 0 Å². The molecule has 4 rings (SSSR count). The lowest BCUT2D eigenvalue weighted by Crippen LogP contribution is -2.40. The van der Waals surface area contributed by atoms with Crippen LogP contribution < -0.4 is 9.47 Å². The van der Waals surface area contributed by atoms with Gasteiger partial charge in [0, 0.05) is 24.5 Å². The van der Waals surface area contributed by atoms with Gasteiger partial charge >= 0.3 is 5.97 Å². The molecule has 4 atom stereocenters. The Bertz CT molecular complexity index is 758. The van der Waals surface area contributed by atoms with E-state index >= 15 is 0 Å². The molecule has 0 aliphatic carbocycles. The van der Waals surface area contributed by atoms with Crippen LogP contribution in [0.15, 0.2) is 12.1 Å². The Kier molecular flexibility index (Phi) is 6.54. The van der Waals surface area contributed by atoms with Crippen LogP contribution in [0.1, 0.15) is 93.2 Å². The second-order valence-electron chi connectivity index (χ2n) is 8.84. The fraction of sp³-hybridized carbons (Fsp3) is 0.708. The van der Waals surface area contributed by atoms with Crippen molar-refractivity contribution in [1.82, 2.24) is 0 Å². The smallest absolute Gasteiger partial charge is 0.342 e. The molecule has 2 fully saturated rings. The van der Waals surface area contributed by atoms with Gasteiger partial charge in [-0.1, -0.05) is 12.8 Å². The number of fused-ring (bicyclic) bond motifs is 1. The number of esters is 1. The van der Waals surface area contributed by atoms with E-state index in [-0.39, 0.29) is 17.9 Å². The minimum atomic E-state index is -0.304. The SMILES string of the molecule is COc1cc(OC)c2c(c1)[C@@H](CCCCC[C@H]1CCC[C@]3(CC[C@@H](C)O3)O1)OC2=O. The van der Waals surface area contributed by atoms with Gasteiger partial charge < -0.3 is 23.7 Å². The molecule has 1 aromatic rings. The van der Waals surface area contributed by atoms with Crippen LogP contribution in [0.3, 0.4) is 0 Å². The number of cyclic esters (lactones) is 1. The highest BCUT2D eigenvalue weighted by atomic mass is 16.7. The Hall–Kier alpha value is -1.79. The summed E-state index contributed by atoms with van der Waals surface area (Å²) in [5.41, 5.74) is 1.41. The summed E-state index contributed by atoms with van der Waals surface area (Å²) in [4.78, 5) is 12.3. The van der Waals surface area contributed by atoms with Crippen molar-refractivity contribution in [2.45, 2.75) is 95.2 Å². The first-order valence-electron chi connectivity index (χ1n) is 11.4. The zero-order valence-corrected chi connectivity index (χ0v) is 18.4. The van der Waals surface area contributed by atoms with Gasteiger partial charge in [0.15, 0.2) is 5.79 Å². The molecule has 0 saturated carbocycles. The monoisotopic (exact) mass is 418 g/mol.